The molecule has 0 fully saturated rings. The highest BCUT2D eigenvalue weighted by Gasteiger charge is 2.16. The third kappa shape index (κ3) is 3.81. The van der Waals surface area contributed by atoms with Crippen LogP contribution in [0.25, 0.3) is 5.69 Å². The smallest absolute Gasteiger partial charge is 0.249 e. The number of halogens is 3. The maximum atomic E-state index is 6.08. The number of aryl methyl sites for hydroxylation is 2. The van der Waals surface area contributed by atoms with Crippen molar-refractivity contribution < 1.29 is 4.74 Å². The minimum absolute atomic E-state index is 0.149. The highest BCUT2D eigenvalue weighted by atomic mass is 35.5. The molecule has 1 aromatic carbocycles. The molecule has 0 spiro atoms. The van der Waals surface area contributed by atoms with E-state index in [9.17, 15) is 0 Å². The molecule has 0 amide bonds. The summed E-state index contributed by atoms with van der Waals surface area (Å²) in [6.07, 6.45) is 0.596. The molecule has 0 unspecified atom stereocenters. The van der Waals surface area contributed by atoms with Crippen molar-refractivity contribution in [2.24, 2.45) is 0 Å². The average molecular weight is 399 g/mol. The Kier molecular flexibility index (Phi) is 5.03. The quantitative estimate of drug-likeness (QED) is 0.634. The number of nitrogens with zero attached hydrogens (tertiary/aromatic N) is 4. The number of aromatic nitrogens is 4. The van der Waals surface area contributed by atoms with Crippen molar-refractivity contribution in [3.05, 3.63) is 51.0 Å². The minimum Gasteiger partial charge on any atom is -0.418 e. The van der Waals surface area contributed by atoms with Crippen LogP contribution in [0, 0.1) is 6.92 Å². The van der Waals surface area contributed by atoms with E-state index in [-0.39, 0.29) is 16.7 Å². The first kappa shape index (κ1) is 17.8. The number of anilines is 1. The molecule has 130 valence electrons. The second-order valence-electron chi connectivity index (χ2n) is 5.27. The molecule has 9 heteroatoms. The van der Waals surface area contributed by atoms with Crippen LogP contribution < -0.4 is 10.5 Å². The van der Waals surface area contributed by atoms with Gasteiger partial charge in [0.1, 0.15) is 11.5 Å². The van der Waals surface area contributed by atoms with Crippen LogP contribution in [0.1, 0.15) is 18.4 Å². The zero-order valence-electron chi connectivity index (χ0n) is 13.4. The first-order valence-corrected chi connectivity index (χ1v) is 8.53. The fourth-order valence-corrected chi connectivity index (χ4v) is 2.89. The molecule has 6 nitrogen and oxygen atoms in total. The van der Waals surface area contributed by atoms with Gasteiger partial charge in [-0.25, -0.2) is 9.67 Å². The van der Waals surface area contributed by atoms with Crippen molar-refractivity contribution in [3.63, 3.8) is 0 Å². The minimum atomic E-state index is 0.149. The summed E-state index contributed by atoms with van der Waals surface area (Å²) < 4.78 is 7.44. The van der Waals surface area contributed by atoms with Gasteiger partial charge in [0.2, 0.25) is 11.8 Å². The normalized spacial score (nSPS) is 10.9. The first-order chi connectivity index (χ1) is 11.9. The monoisotopic (exact) mass is 397 g/mol. The van der Waals surface area contributed by atoms with E-state index >= 15 is 0 Å². The summed E-state index contributed by atoms with van der Waals surface area (Å²) in [6.45, 7) is 3.75. The summed E-state index contributed by atoms with van der Waals surface area (Å²) in [7, 11) is 0. The van der Waals surface area contributed by atoms with E-state index in [0.717, 1.165) is 5.69 Å². The van der Waals surface area contributed by atoms with Gasteiger partial charge in [-0.1, -0.05) is 41.7 Å². The number of ether oxygens (including phenoxy) is 1. The highest BCUT2D eigenvalue weighted by molar-refractivity contribution is 6.34. The maximum absolute atomic E-state index is 6.08. The Labute approximate surface area is 159 Å². The maximum Gasteiger partial charge on any atom is 0.249 e. The molecular weight excluding hydrogens is 385 g/mol. The van der Waals surface area contributed by atoms with Gasteiger partial charge in [-0.3, -0.25) is 0 Å². The number of hydrogen-bond acceptors (Lipinski definition) is 5. The van der Waals surface area contributed by atoms with Crippen molar-refractivity contribution >= 4 is 40.5 Å². The SMILES string of the molecule is CCc1nc(Cl)c(N)c(Oc2cc(C)nn2-c2cc(Cl)cc(Cl)c2)n1. The van der Waals surface area contributed by atoms with Gasteiger partial charge in [-0.05, 0) is 25.1 Å². The van der Waals surface area contributed by atoms with Gasteiger partial charge in [0.05, 0.1) is 11.4 Å². The van der Waals surface area contributed by atoms with Crippen molar-refractivity contribution in [2.45, 2.75) is 20.3 Å². The number of nitrogen functional groups attached to an aromatic ring is 1. The number of benzene rings is 1. The fourth-order valence-electron chi connectivity index (χ4n) is 2.19. The lowest BCUT2D eigenvalue weighted by Gasteiger charge is -2.11. The molecule has 0 radical (unpaired) electrons. The van der Waals surface area contributed by atoms with Crippen LogP contribution in [0.4, 0.5) is 5.69 Å². The van der Waals surface area contributed by atoms with Crippen LogP contribution in [0.15, 0.2) is 24.3 Å². The molecule has 0 aliphatic carbocycles. The Hall–Kier alpha value is -2.02. The number of nitrogens with two attached hydrogens (primary N) is 1. The molecule has 0 saturated heterocycles. The van der Waals surface area contributed by atoms with Crippen LogP contribution >= 0.6 is 34.8 Å². The van der Waals surface area contributed by atoms with Gasteiger partial charge in [0, 0.05) is 22.5 Å². The van der Waals surface area contributed by atoms with E-state index < -0.39 is 0 Å². The second kappa shape index (κ2) is 7.07. The Morgan fingerprint density at radius 1 is 1.08 bits per heavy atom. The van der Waals surface area contributed by atoms with E-state index in [1.165, 1.54) is 0 Å². The van der Waals surface area contributed by atoms with Gasteiger partial charge in [0.15, 0.2) is 5.15 Å². The van der Waals surface area contributed by atoms with Crippen LogP contribution in [0.2, 0.25) is 15.2 Å². The Bertz CT molecular complexity index is 922. The third-order valence-electron chi connectivity index (χ3n) is 3.32. The average Bonchev–Trinajstić information content (AvgIpc) is 2.91. The summed E-state index contributed by atoms with van der Waals surface area (Å²) in [5.41, 5.74) is 7.49. The first-order valence-electron chi connectivity index (χ1n) is 7.40. The zero-order valence-corrected chi connectivity index (χ0v) is 15.7. The van der Waals surface area contributed by atoms with Crippen LogP contribution in [0.5, 0.6) is 11.8 Å². The Balaban J connectivity index is 2.07. The van der Waals surface area contributed by atoms with Crippen molar-refractivity contribution in [3.8, 4) is 17.4 Å². The molecule has 0 aliphatic heterocycles. The lowest BCUT2D eigenvalue weighted by atomic mass is 10.3. The van der Waals surface area contributed by atoms with Gasteiger partial charge in [0.25, 0.3) is 0 Å². The summed E-state index contributed by atoms with van der Waals surface area (Å²) in [6, 6.07) is 6.83. The van der Waals surface area contributed by atoms with E-state index in [4.69, 9.17) is 45.3 Å². The van der Waals surface area contributed by atoms with Gasteiger partial charge >= 0.3 is 0 Å². The Morgan fingerprint density at radius 2 is 1.76 bits per heavy atom. The molecule has 2 N–H and O–H groups in total. The topological polar surface area (TPSA) is 78.9 Å². The van der Waals surface area contributed by atoms with E-state index in [1.807, 2.05) is 13.8 Å². The highest BCUT2D eigenvalue weighted by Crippen LogP contribution is 2.32. The summed E-state index contributed by atoms with van der Waals surface area (Å²) in [5, 5.41) is 5.53. The Morgan fingerprint density at radius 3 is 2.40 bits per heavy atom. The fraction of sp³-hybridized carbons (Fsp3) is 0.188. The third-order valence-corrected chi connectivity index (χ3v) is 4.04. The van der Waals surface area contributed by atoms with Crippen LogP contribution in [-0.4, -0.2) is 19.7 Å². The second-order valence-corrected chi connectivity index (χ2v) is 6.50. The van der Waals surface area contributed by atoms with Crippen LogP contribution in [0.3, 0.4) is 0 Å². The van der Waals surface area contributed by atoms with Crippen molar-refractivity contribution in [2.75, 3.05) is 5.73 Å². The predicted octanol–water partition coefficient (Wildman–Crippen LogP) is 4.87. The molecular formula is C16H14Cl3N5O. The summed E-state index contributed by atoms with van der Waals surface area (Å²) in [5.74, 6) is 1.10. The number of hydrogen-bond donors (Lipinski definition) is 1. The molecule has 0 bridgehead atoms. The molecule has 2 heterocycles. The molecule has 3 rings (SSSR count). The largest absolute Gasteiger partial charge is 0.418 e. The van der Waals surface area contributed by atoms with Gasteiger partial charge in [-0.2, -0.15) is 10.1 Å². The van der Waals surface area contributed by atoms with Crippen molar-refractivity contribution in [1.82, 2.24) is 19.7 Å². The molecule has 25 heavy (non-hydrogen) atoms. The molecule has 2 aromatic heterocycles. The van der Waals surface area contributed by atoms with E-state index in [1.54, 1.807) is 28.9 Å². The van der Waals surface area contributed by atoms with Gasteiger partial charge < -0.3 is 10.5 Å². The summed E-state index contributed by atoms with van der Waals surface area (Å²) >= 11 is 18.2. The molecule has 3 aromatic rings. The lowest BCUT2D eigenvalue weighted by molar-refractivity contribution is 0.427. The lowest BCUT2D eigenvalue weighted by Crippen LogP contribution is -2.05. The number of rotatable bonds is 4. The molecule has 0 atom stereocenters. The van der Waals surface area contributed by atoms with E-state index in [0.29, 0.717) is 33.9 Å². The zero-order chi connectivity index (χ0) is 18.1. The predicted molar refractivity (Wildman–Crippen MR) is 99.2 cm³/mol. The van der Waals surface area contributed by atoms with Crippen LogP contribution in [-0.2, 0) is 6.42 Å². The summed E-state index contributed by atoms with van der Waals surface area (Å²) in [4.78, 5) is 8.38. The van der Waals surface area contributed by atoms with Gasteiger partial charge in [-0.15, -0.1) is 0 Å². The molecule has 0 saturated carbocycles. The van der Waals surface area contributed by atoms with E-state index in [2.05, 4.69) is 15.1 Å². The molecule has 0 aliphatic rings. The standard InChI is InChI=1S/C16H14Cl3N5O/c1-3-12-21-15(19)14(20)16(22-12)25-13-4-8(2)23-24(13)11-6-9(17)5-10(18)7-11/h4-7H,3,20H2,1-2H3. The van der Waals surface area contributed by atoms with Crippen molar-refractivity contribution in [1.29, 1.82) is 0 Å².